The summed E-state index contributed by atoms with van der Waals surface area (Å²) in [5, 5.41) is 16.5. The zero-order valence-corrected chi connectivity index (χ0v) is 21.4. The average Bonchev–Trinajstić information content (AvgIpc) is 3.51. The Labute approximate surface area is 219 Å². The first kappa shape index (κ1) is 28.1. The molecular weight excluding hydrogens is 504 g/mol. The fourth-order valence-corrected chi connectivity index (χ4v) is 5.49. The molecule has 1 aliphatic heterocycles. The number of aliphatic carboxylic acids is 1. The van der Waals surface area contributed by atoms with Gasteiger partial charge in [0, 0.05) is 37.1 Å². The van der Waals surface area contributed by atoms with Crippen LogP contribution in [-0.4, -0.2) is 63.3 Å². The molecule has 1 amide bonds. The molecule has 0 bridgehead atoms. The predicted octanol–water partition coefficient (Wildman–Crippen LogP) is 5.47. The number of carbonyl (C=O) groups is 2. The highest BCUT2D eigenvalue weighted by molar-refractivity contribution is 5.94. The SMILES string of the molecule is CC(F)(F)c1ccccc1-c1cc(C(=O)N[C@@H](CCN2CCCC(F)(F)C2)CC(=O)O)nn1C1CCCC1. The van der Waals surface area contributed by atoms with Crippen molar-refractivity contribution in [3.05, 3.63) is 41.6 Å². The fraction of sp³-hybridized carbons (Fsp3) is 0.593. The molecule has 2 N–H and O–H groups in total. The number of nitrogens with zero attached hydrogens (tertiary/aromatic N) is 3. The van der Waals surface area contributed by atoms with Crippen LogP contribution >= 0.6 is 0 Å². The van der Waals surface area contributed by atoms with E-state index in [0.717, 1.165) is 32.6 Å². The highest BCUT2D eigenvalue weighted by Gasteiger charge is 2.35. The Kier molecular flexibility index (Phi) is 8.44. The van der Waals surface area contributed by atoms with Crippen LogP contribution in [0.5, 0.6) is 0 Å². The number of carboxylic acids is 1. The van der Waals surface area contributed by atoms with E-state index < -0.39 is 36.3 Å². The normalized spacial score (nSPS) is 19.4. The molecule has 0 unspecified atom stereocenters. The van der Waals surface area contributed by atoms with E-state index in [1.54, 1.807) is 21.7 Å². The van der Waals surface area contributed by atoms with Gasteiger partial charge in [0.05, 0.1) is 24.7 Å². The van der Waals surface area contributed by atoms with Gasteiger partial charge in [-0.15, -0.1) is 0 Å². The molecule has 1 atom stereocenters. The molecule has 2 fully saturated rings. The van der Waals surface area contributed by atoms with E-state index in [4.69, 9.17) is 0 Å². The molecule has 1 aliphatic carbocycles. The summed E-state index contributed by atoms with van der Waals surface area (Å²) < 4.78 is 58.1. The molecule has 11 heteroatoms. The first-order chi connectivity index (χ1) is 17.9. The molecular formula is C27H34F4N4O3. The smallest absolute Gasteiger partial charge is 0.305 e. The molecule has 2 aliphatic rings. The van der Waals surface area contributed by atoms with Gasteiger partial charge in [0.25, 0.3) is 17.8 Å². The summed E-state index contributed by atoms with van der Waals surface area (Å²) >= 11 is 0. The van der Waals surface area contributed by atoms with E-state index in [9.17, 15) is 32.3 Å². The highest BCUT2D eigenvalue weighted by atomic mass is 19.3. The number of hydrogen-bond donors (Lipinski definition) is 2. The Morgan fingerprint density at radius 1 is 1.21 bits per heavy atom. The Hall–Kier alpha value is -2.95. The van der Waals surface area contributed by atoms with Crippen molar-refractivity contribution in [1.29, 1.82) is 0 Å². The van der Waals surface area contributed by atoms with Gasteiger partial charge in [0.1, 0.15) is 0 Å². The van der Waals surface area contributed by atoms with Gasteiger partial charge in [-0.3, -0.25) is 19.2 Å². The summed E-state index contributed by atoms with van der Waals surface area (Å²) in [5.41, 5.74) is 0.519. The second-order valence-electron chi connectivity index (χ2n) is 10.5. The van der Waals surface area contributed by atoms with E-state index in [-0.39, 0.29) is 48.7 Å². The number of amides is 1. The van der Waals surface area contributed by atoms with Crippen LogP contribution in [0.4, 0.5) is 17.6 Å². The van der Waals surface area contributed by atoms with Crippen molar-refractivity contribution in [2.75, 3.05) is 19.6 Å². The maximum absolute atomic E-state index is 14.4. The van der Waals surface area contributed by atoms with Crippen molar-refractivity contribution in [2.45, 2.75) is 82.2 Å². The number of alkyl halides is 4. The van der Waals surface area contributed by atoms with Gasteiger partial charge in [-0.25, -0.2) is 17.6 Å². The van der Waals surface area contributed by atoms with E-state index in [0.29, 0.717) is 18.7 Å². The van der Waals surface area contributed by atoms with Crippen molar-refractivity contribution in [1.82, 2.24) is 20.0 Å². The molecule has 1 aromatic heterocycles. The third kappa shape index (κ3) is 6.92. The quantitative estimate of drug-likeness (QED) is 0.392. The van der Waals surface area contributed by atoms with Gasteiger partial charge in [0.2, 0.25) is 0 Å². The lowest BCUT2D eigenvalue weighted by molar-refractivity contribution is -0.137. The van der Waals surface area contributed by atoms with Crippen LogP contribution in [0.15, 0.2) is 30.3 Å². The number of halogens is 4. The van der Waals surface area contributed by atoms with Crippen LogP contribution in [0.1, 0.15) is 80.4 Å². The summed E-state index contributed by atoms with van der Waals surface area (Å²) in [7, 11) is 0. The molecule has 0 spiro atoms. The van der Waals surface area contributed by atoms with Gasteiger partial charge < -0.3 is 10.4 Å². The van der Waals surface area contributed by atoms with Gasteiger partial charge >= 0.3 is 5.97 Å². The minimum atomic E-state index is -3.11. The van der Waals surface area contributed by atoms with Crippen LogP contribution in [0.2, 0.25) is 0 Å². The molecule has 2 aromatic rings. The average molecular weight is 539 g/mol. The Bertz CT molecular complexity index is 1140. The Morgan fingerprint density at radius 3 is 2.58 bits per heavy atom. The zero-order chi connectivity index (χ0) is 27.5. The van der Waals surface area contributed by atoms with Crippen LogP contribution < -0.4 is 5.32 Å². The number of carboxylic acid groups (broad SMARTS) is 1. The number of piperidine rings is 1. The van der Waals surface area contributed by atoms with Crippen LogP contribution in [0.3, 0.4) is 0 Å². The molecule has 1 saturated heterocycles. The van der Waals surface area contributed by atoms with Crippen molar-refractivity contribution in [3.63, 3.8) is 0 Å². The maximum Gasteiger partial charge on any atom is 0.305 e. The molecule has 7 nitrogen and oxygen atoms in total. The Morgan fingerprint density at radius 2 is 1.92 bits per heavy atom. The van der Waals surface area contributed by atoms with Crippen molar-refractivity contribution in [3.8, 4) is 11.3 Å². The molecule has 1 aromatic carbocycles. The van der Waals surface area contributed by atoms with E-state index in [1.165, 1.54) is 18.2 Å². The van der Waals surface area contributed by atoms with Crippen molar-refractivity contribution in [2.24, 2.45) is 0 Å². The lowest BCUT2D eigenvalue weighted by atomic mass is 9.99. The van der Waals surface area contributed by atoms with E-state index in [2.05, 4.69) is 10.4 Å². The molecule has 1 saturated carbocycles. The maximum atomic E-state index is 14.4. The van der Waals surface area contributed by atoms with Crippen molar-refractivity contribution < 1.29 is 32.3 Å². The number of hydrogen-bond acceptors (Lipinski definition) is 4. The Balaban J connectivity index is 1.57. The van der Waals surface area contributed by atoms with Crippen molar-refractivity contribution >= 4 is 11.9 Å². The summed E-state index contributed by atoms with van der Waals surface area (Å²) in [4.78, 5) is 26.3. The molecule has 4 rings (SSSR count). The number of rotatable bonds is 10. The third-order valence-corrected chi connectivity index (χ3v) is 7.34. The van der Waals surface area contributed by atoms with Gasteiger partial charge in [-0.2, -0.15) is 5.10 Å². The van der Waals surface area contributed by atoms with Crippen LogP contribution in [0.25, 0.3) is 11.3 Å². The molecule has 208 valence electrons. The number of carbonyl (C=O) groups excluding carboxylic acids is 1. The second kappa shape index (κ2) is 11.4. The predicted molar refractivity (Wildman–Crippen MR) is 133 cm³/mol. The second-order valence-corrected chi connectivity index (χ2v) is 10.5. The standard InChI is InChI=1S/C27H34F4N4O3/c1-26(28,29)21-10-5-4-9-20(21)23-16-22(33-35(23)19-7-2-3-8-19)25(38)32-18(15-24(36)37)11-14-34-13-6-12-27(30,31)17-34/h4-5,9-10,16,18-19H,2-3,6-8,11-15,17H2,1H3,(H,32,38)(H,36,37)/t18-/m0/s1. The largest absolute Gasteiger partial charge is 0.481 e. The van der Waals surface area contributed by atoms with Gasteiger partial charge in [-0.05, 0) is 38.3 Å². The first-order valence-corrected chi connectivity index (χ1v) is 13.1. The number of likely N-dealkylation sites (tertiary alicyclic amines) is 1. The third-order valence-electron chi connectivity index (χ3n) is 7.34. The topological polar surface area (TPSA) is 87.5 Å². The molecule has 38 heavy (non-hydrogen) atoms. The monoisotopic (exact) mass is 538 g/mol. The highest BCUT2D eigenvalue weighted by Crippen LogP contribution is 2.39. The summed E-state index contributed by atoms with van der Waals surface area (Å²) in [5.74, 6) is -7.64. The van der Waals surface area contributed by atoms with E-state index >= 15 is 0 Å². The molecule has 2 heterocycles. The van der Waals surface area contributed by atoms with Gasteiger partial charge in [-0.1, -0.05) is 37.1 Å². The van der Waals surface area contributed by atoms with Crippen LogP contribution in [-0.2, 0) is 10.7 Å². The first-order valence-electron chi connectivity index (χ1n) is 13.1. The number of nitrogens with one attached hydrogen (secondary N) is 1. The minimum absolute atomic E-state index is 0.000942. The molecule has 0 radical (unpaired) electrons. The lowest BCUT2D eigenvalue weighted by Gasteiger charge is -2.33. The fourth-order valence-electron chi connectivity index (χ4n) is 5.49. The van der Waals surface area contributed by atoms with Crippen LogP contribution in [0, 0.1) is 0 Å². The van der Waals surface area contributed by atoms with E-state index in [1.807, 2.05) is 0 Å². The summed E-state index contributed by atoms with van der Waals surface area (Å²) in [6.07, 6.45) is 3.53. The summed E-state index contributed by atoms with van der Waals surface area (Å²) in [6.45, 7) is 1.14. The zero-order valence-electron chi connectivity index (χ0n) is 21.4. The minimum Gasteiger partial charge on any atom is -0.481 e. The number of benzene rings is 1. The number of aromatic nitrogens is 2. The lowest BCUT2D eigenvalue weighted by Crippen LogP contribution is -2.45. The van der Waals surface area contributed by atoms with Gasteiger partial charge in [0.15, 0.2) is 5.69 Å². The summed E-state index contributed by atoms with van der Waals surface area (Å²) in [6, 6.07) is 6.76.